The van der Waals surface area contributed by atoms with Gasteiger partial charge in [0.05, 0.1) is 0 Å². The molecular weight excluding hydrogens is 260 g/mol. The van der Waals surface area contributed by atoms with E-state index < -0.39 is 0 Å². The smallest absolute Gasteiger partial charge is 0.259 e. The zero-order chi connectivity index (χ0) is 11.0. The zero-order valence-corrected chi connectivity index (χ0v) is 9.48. The van der Waals surface area contributed by atoms with E-state index in [9.17, 15) is 9.59 Å². The maximum atomic E-state index is 11.4. The van der Waals surface area contributed by atoms with Crippen molar-refractivity contribution in [3.05, 3.63) is 34.5 Å². The number of carbonyl (C=O) groups excluding carboxylic acids is 2. The van der Waals surface area contributed by atoms with E-state index in [1.165, 1.54) is 12.2 Å². The number of anilines is 1. The molecule has 15 heavy (non-hydrogen) atoms. The Morgan fingerprint density at radius 1 is 1.27 bits per heavy atom. The van der Waals surface area contributed by atoms with Crippen LogP contribution in [-0.2, 0) is 9.59 Å². The van der Waals surface area contributed by atoms with Crippen molar-refractivity contribution >= 4 is 33.6 Å². The number of imide groups is 1. The highest BCUT2D eigenvalue weighted by molar-refractivity contribution is 9.10. The van der Waals surface area contributed by atoms with Gasteiger partial charge in [-0.05, 0) is 34.5 Å². The van der Waals surface area contributed by atoms with E-state index in [4.69, 9.17) is 0 Å². The summed E-state index contributed by atoms with van der Waals surface area (Å²) in [6.07, 6.45) is 4.04. The van der Waals surface area contributed by atoms with Crippen LogP contribution in [0, 0.1) is 6.92 Å². The number of pyridine rings is 1. The number of aromatic nitrogens is 1. The standard InChI is InChI=1S/C10H7BrN2O2/c1-6-4-7(11)5-12-10(6)13-8(14)2-3-9(13)15/h2-5H,1H3. The van der Waals surface area contributed by atoms with E-state index in [0.29, 0.717) is 5.82 Å². The van der Waals surface area contributed by atoms with Gasteiger partial charge in [-0.2, -0.15) is 0 Å². The van der Waals surface area contributed by atoms with Gasteiger partial charge in [-0.1, -0.05) is 0 Å². The summed E-state index contributed by atoms with van der Waals surface area (Å²) in [4.78, 5) is 27.9. The largest absolute Gasteiger partial charge is 0.269 e. The first kappa shape index (κ1) is 10.0. The molecule has 0 N–H and O–H groups in total. The quantitative estimate of drug-likeness (QED) is 0.726. The minimum absolute atomic E-state index is 0.349. The molecule has 4 nitrogen and oxygen atoms in total. The van der Waals surface area contributed by atoms with Crippen LogP contribution in [0.4, 0.5) is 5.82 Å². The van der Waals surface area contributed by atoms with Gasteiger partial charge in [-0.3, -0.25) is 9.59 Å². The summed E-state index contributed by atoms with van der Waals surface area (Å²) in [5.41, 5.74) is 0.773. The van der Waals surface area contributed by atoms with Gasteiger partial charge in [0, 0.05) is 22.8 Å². The molecule has 1 aliphatic heterocycles. The molecule has 2 heterocycles. The fourth-order valence-electron chi connectivity index (χ4n) is 1.38. The fourth-order valence-corrected chi connectivity index (χ4v) is 1.82. The van der Waals surface area contributed by atoms with Crippen molar-refractivity contribution in [1.29, 1.82) is 0 Å². The molecule has 76 valence electrons. The highest BCUT2D eigenvalue weighted by atomic mass is 79.9. The Labute approximate surface area is 94.7 Å². The van der Waals surface area contributed by atoms with Crippen LogP contribution >= 0.6 is 15.9 Å². The molecule has 0 saturated heterocycles. The van der Waals surface area contributed by atoms with Crippen molar-refractivity contribution in [3.8, 4) is 0 Å². The van der Waals surface area contributed by atoms with Crippen LogP contribution in [-0.4, -0.2) is 16.8 Å². The van der Waals surface area contributed by atoms with Crippen molar-refractivity contribution in [2.75, 3.05) is 4.90 Å². The SMILES string of the molecule is Cc1cc(Br)cnc1N1C(=O)C=CC1=O. The van der Waals surface area contributed by atoms with Gasteiger partial charge in [0.1, 0.15) is 5.82 Å². The Morgan fingerprint density at radius 2 is 1.87 bits per heavy atom. The molecule has 1 aromatic rings. The lowest BCUT2D eigenvalue weighted by Crippen LogP contribution is -2.31. The van der Waals surface area contributed by atoms with Gasteiger partial charge in [-0.15, -0.1) is 0 Å². The maximum Gasteiger partial charge on any atom is 0.259 e. The molecule has 0 spiro atoms. The highest BCUT2D eigenvalue weighted by Crippen LogP contribution is 2.23. The van der Waals surface area contributed by atoms with Crippen LogP contribution in [0.2, 0.25) is 0 Å². The molecule has 1 aromatic heterocycles. The van der Waals surface area contributed by atoms with E-state index in [1.807, 2.05) is 0 Å². The van der Waals surface area contributed by atoms with Gasteiger partial charge < -0.3 is 0 Å². The van der Waals surface area contributed by atoms with Crippen molar-refractivity contribution in [2.24, 2.45) is 0 Å². The van der Waals surface area contributed by atoms with Crippen LogP contribution < -0.4 is 4.90 Å². The molecule has 0 unspecified atom stereocenters. The second kappa shape index (κ2) is 3.58. The van der Waals surface area contributed by atoms with Gasteiger partial charge in [0.15, 0.2) is 0 Å². The minimum atomic E-state index is -0.349. The Bertz CT molecular complexity index is 464. The van der Waals surface area contributed by atoms with Gasteiger partial charge in [0.25, 0.3) is 11.8 Å². The second-order valence-electron chi connectivity index (χ2n) is 3.14. The zero-order valence-electron chi connectivity index (χ0n) is 7.90. The number of halogens is 1. The van der Waals surface area contributed by atoms with E-state index in [2.05, 4.69) is 20.9 Å². The topological polar surface area (TPSA) is 50.3 Å². The lowest BCUT2D eigenvalue weighted by Gasteiger charge is -2.14. The lowest BCUT2D eigenvalue weighted by atomic mass is 10.3. The average molecular weight is 267 g/mol. The molecule has 0 bridgehead atoms. The fraction of sp³-hybridized carbons (Fsp3) is 0.100. The first-order chi connectivity index (χ1) is 7.09. The maximum absolute atomic E-state index is 11.4. The molecule has 1 aliphatic rings. The molecule has 0 radical (unpaired) electrons. The molecule has 0 fully saturated rings. The van der Waals surface area contributed by atoms with Crippen LogP contribution in [0.5, 0.6) is 0 Å². The van der Waals surface area contributed by atoms with E-state index in [0.717, 1.165) is 14.9 Å². The van der Waals surface area contributed by atoms with Crippen LogP contribution in [0.15, 0.2) is 28.9 Å². The summed E-state index contributed by atoms with van der Waals surface area (Å²) in [6, 6.07) is 1.81. The number of aryl methyl sites for hydroxylation is 1. The minimum Gasteiger partial charge on any atom is -0.269 e. The van der Waals surface area contributed by atoms with Crippen molar-refractivity contribution in [2.45, 2.75) is 6.92 Å². The van der Waals surface area contributed by atoms with E-state index in [1.54, 1.807) is 19.2 Å². The number of amides is 2. The number of hydrogen-bond acceptors (Lipinski definition) is 3. The third-order valence-electron chi connectivity index (χ3n) is 2.04. The third kappa shape index (κ3) is 1.70. The summed E-state index contributed by atoms with van der Waals surface area (Å²) >= 11 is 3.27. The predicted octanol–water partition coefficient (Wildman–Crippen LogP) is 1.58. The number of carbonyl (C=O) groups is 2. The van der Waals surface area contributed by atoms with Gasteiger partial charge in [0.2, 0.25) is 0 Å². The molecule has 0 saturated carbocycles. The number of nitrogens with zero attached hydrogens (tertiary/aromatic N) is 2. The Kier molecular flexibility index (Phi) is 2.40. The summed E-state index contributed by atoms with van der Waals surface area (Å²) in [5.74, 6) is -0.311. The Hall–Kier alpha value is -1.49. The van der Waals surface area contributed by atoms with Crippen LogP contribution in [0.25, 0.3) is 0 Å². The van der Waals surface area contributed by atoms with Crippen LogP contribution in [0.3, 0.4) is 0 Å². The van der Waals surface area contributed by atoms with Crippen molar-refractivity contribution in [1.82, 2.24) is 4.98 Å². The van der Waals surface area contributed by atoms with Crippen molar-refractivity contribution < 1.29 is 9.59 Å². The molecule has 0 aromatic carbocycles. The second-order valence-corrected chi connectivity index (χ2v) is 4.05. The molecule has 2 rings (SSSR count). The number of hydrogen-bond donors (Lipinski definition) is 0. The number of rotatable bonds is 1. The predicted molar refractivity (Wildman–Crippen MR) is 58.3 cm³/mol. The first-order valence-electron chi connectivity index (χ1n) is 4.28. The highest BCUT2D eigenvalue weighted by Gasteiger charge is 2.27. The molecule has 5 heteroatoms. The molecule has 2 amide bonds. The summed E-state index contributed by atoms with van der Waals surface area (Å²) in [5, 5.41) is 0. The Morgan fingerprint density at radius 3 is 2.40 bits per heavy atom. The average Bonchev–Trinajstić information content (AvgIpc) is 2.48. The molecular formula is C10H7BrN2O2. The monoisotopic (exact) mass is 266 g/mol. The first-order valence-corrected chi connectivity index (χ1v) is 5.07. The molecule has 0 aliphatic carbocycles. The van der Waals surface area contributed by atoms with E-state index >= 15 is 0 Å². The summed E-state index contributed by atoms with van der Waals surface area (Å²) in [7, 11) is 0. The van der Waals surface area contributed by atoms with E-state index in [-0.39, 0.29) is 11.8 Å². The van der Waals surface area contributed by atoms with Gasteiger partial charge in [-0.25, -0.2) is 9.88 Å². The Balaban J connectivity index is 2.46. The third-order valence-corrected chi connectivity index (χ3v) is 2.47. The summed E-state index contributed by atoms with van der Waals surface area (Å²) < 4.78 is 0.816. The normalized spacial score (nSPS) is 15.2. The summed E-state index contributed by atoms with van der Waals surface area (Å²) in [6.45, 7) is 1.80. The van der Waals surface area contributed by atoms with Gasteiger partial charge >= 0.3 is 0 Å². The van der Waals surface area contributed by atoms with Crippen LogP contribution in [0.1, 0.15) is 5.56 Å². The van der Waals surface area contributed by atoms with Crippen molar-refractivity contribution in [3.63, 3.8) is 0 Å². The lowest BCUT2D eigenvalue weighted by molar-refractivity contribution is -0.120. The molecule has 0 atom stereocenters.